The van der Waals surface area contributed by atoms with E-state index in [9.17, 15) is 5.11 Å². The predicted molar refractivity (Wildman–Crippen MR) is 85.8 cm³/mol. The molecule has 0 unspecified atom stereocenters. The summed E-state index contributed by atoms with van der Waals surface area (Å²) >= 11 is 1.61. The SMILES string of the molecule is CC(C)(O)c1ccc(OCc2ncc(-c3cccs3)o2)cc1. The Morgan fingerprint density at radius 1 is 1.23 bits per heavy atom. The van der Waals surface area contributed by atoms with Crippen molar-refractivity contribution in [1.82, 2.24) is 4.98 Å². The molecule has 0 radical (unpaired) electrons. The molecule has 2 aromatic heterocycles. The van der Waals surface area contributed by atoms with E-state index < -0.39 is 5.60 Å². The van der Waals surface area contributed by atoms with Gasteiger partial charge in [-0.2, -0.15) is 0 Å². The van der Waals surface area contributed by atoms with Gasteiger partial charge in [-0.05, 0) is 43.0 Å². The van der Waals surface area contributed by atoms with Gasteiger partial charge in [-0.3, -0.25) is 0 Å². The van der Waals surface area contributed by atoms with Crippen molar-refractivity contribution in [3.05, 3.63) is 59.4 Å². The van der Waals surface area contributed by atoms with E-state index in [0.717, 1.165) is 16.2 Å². The van der Waals surface area contributed by atoms with Crippen molar-refractivity contribution < 1.29 is 14.3 Å². The van der Waals surface area contributed by atoms with E-state index in [-0.39, 0.29) is 6.61 Å². The van der Waals surface area contributed by atoms with Crippen LogP contribution in [-0.2, 0) is 12.2 Å². The van der Waals surface area contributed by atoms with Crippen LogP contribution in [0.25, 0.3) is 10.6 Å². The number of oxazole rings is 1. The summed E-state index contributed by atoms with van der Waals surface area (Å²) in [5.74, 6) is 2.00. The highest BCUT2D eigenvalue weighted by Crippen LogP contribution is 2.26. The normalized spacial score (nSPS) is 11.6. The van der Waals surface area contributed by atoms with E-state index in [1.54, 1.807) is 31.4 Å². The molecular formula is C17H17NO3S. The minimum Gasteiger partial charge on any atom is -0.484 e. The summed E-state index contributed by atoms with van der Waals surface area (Å²) in [5.41, 5.74) is -0.00701. The number of nitrogens with zero attached hydrogens (tertiary/aromatic N) is 1. The number of aromatic nitrogens is 1. The first-order valence-corrected chi connectivity index (χ1v) is 7.84. The molecule has 3 aromatic rings. The maximum Gasteiger partial charge on any atom is 0.232 e. The van der Waals surface area contributed by atoms with Crippen LogP contribution >= 0.6 is 11.3 Å². The third kappa shape index (κ3) is 3.37. The molecule has 0 atom stereocenters. The first-order chi connectivity index (χ1) is 10.5. The molecule has 0 saturated carbocycles. The van der Waals surface area contributed by atoms with Crippen molar-refractivity contribution in [3.8, 4) is 16.4 Å². The topological polar surface area (TPSA) is 55.5 Å². The van der Waals surface area contributed by atoms with Gasteiger partial charge in [0.15, 0.2) is 12.4 Å². The molecule has 22 heavy (non-hydrogen) atoms. The predicted octanol–water partition coefficient (Wildman–Crippen LogP) is 4.21. The molecule has 0 aliphatic heterocycles. The van der Waals surface area contributed by atoms with Gasteiger partial charge in [0.1, 0.15) is 5.75 Å². The lowest BCUT2D eigenvalue weighted by Crippen LogP contribution is -2.14. The van der Waals surface area contributed by atoms with E-state index >= 15 is 0 Å². The molecule has 0 aliphatic carbocycles. The maximum atomic E-state index is 9.92. The molecule has 0 bridgehead atoms. The Labute approximate surface area is 133 Å². The molecule has 1 aromatic carbocycles. The van der Waals surface area contributed by atoms with Crippen LogP contribution in [0.1, 0.15) is 25.3 Å². The summed E-state index contributed by atoms with van der Waals surface area (Å²) in [5, 5.41) is 11.9. The summed E-state index contributed by atoms with van der Waals surface area (Å²) in [4.78, 5) is 5.27. The van der Waals surface area contributed by atoms with Gasteiger partial charge in [0.05, 0.1) is 16.7 Å². The summed E-state index contributed by atoms with van der Waals surface area (Å²) in [6, 6.07) is 11.3. The minimum atomic E-state index is -0.850. The Morgan fingerprint density at radius 2 is 2.00 bits per heavy atom. The smallest absolute Gasteiger partial charge is 0.232 e. The van der Waals surface area contributed by atoms with Crippen molar-refractivity contribution >= 4 is 11.3 Å². The fraction of sp³-hybridized carbons (Fsp3) is 0.235. The van der Waals surface area contributed by atoms with Gasteiger partial charge >= 0.3 is 0 Å². The molecule has 4 nitrogen and oxygen atoms in total. The van der Waals surface area contributed by atoms with Crippen molar-refractivity contribution in [2.24, 2.45) is 0 Å². The fourth-order valence-electron chi connectivity index (χ4n) is 2.01. The van der Waals surface area contributed by atoms with Crippen LogP contribution in [0.2, 0.25) is 0 Å². The highest BCUT2D eigenvalue weighted by atomic mass is 32.1. The zero-order valence-electron chi connectivity index (χ0n) is 12.4. The van der Waals surface area contributed by atoms with Crippen molar-refractivity contribution in [1.29, 1.82) is 0 Å². The molecule has 0 saturated heterocycles. The summed E-state index contributed by atoms with van der Waals surface area (Å²) < 4.78 is 11.3. The van der Waals surface area contributed by atoms with E-state index in [2.05, 4.69) is 4.98 Å². The van der Waals surface area contributed by atoms with Crippen LogP contribution in [0.5, 0.6) is 5.75 Å². The van der Waals surface area contributed by atoms with E-state index in [1.807, 2.05) is 41.8 Å². The molecule has 0 amide bonds. The van der Waals surface area contributed by atoms with Gasteiger partial charge in [-0.25, -0.2) is 4.98 Å². The lowest BCUT2D eigenvalue weighted by atomic mass is 9.99. The van der Waals surface area contributed by atoms with Gasteiger partial charge in [-0.15, -0.1) is 11.3 Å². The van der Waals surface area contributed by atoms with E-state index in [0.29, 0.717) is 11.6 Å². The Kier molecular flexibility index (Phi) is 4.00. The Hall–Kier alpha value is -2.11. The Morgan fingerprint density at radius 3 is 2.64 bits per heavy atom. The Bertz CT molecular complexity index is 724. The zero-order valence-corrected chi connectivity index (χ0v) is 13.3. The van der Waals surface area contributed by atoms with Crippen LogP contribution in [0, 0.1) is 0 Å². The number of benzene rings is 1. The zero-order chi connectivity index (χ0) is 15.6. The third-order valence-corrected chi connectivity index (χ3v) is 4.13. The van der Waals surface area contributed by atoms with Crippen molar-refractivity contribution in [2.75, 3.05) is 0 Å². The lowest BCUT2D eigenvalue weighted by Gasteiger charge is -2.17. The number of aliphatic hydroxyl groups is 1. The molecule has 0 fully saturated rings. The summed E-state index contributed by atoms with van der Waals surface area (Å²) in [6.45, 7) is 3.77. The number of hydrogen-bond acceptors (Lipinski definition) is 5. The monoisotopic (exact) mass is 315 g/mol. The van der Waals surface area contributed by atoms with Gasteiger partial charge in [0.25, 0.3) is 0 Å². The molecular weight excluding hydrogens is 298 g/mol. The molecule has 114 valence electrons. The van der Waals surface area contributed by atoms with Gasteiger partial charge in [0.2, 0.25) is 5.89 Å². The number of rotatable bonds is 5. The van der Waals surface area contributed by atoms with Crippen LogP contribution < -0.4 is 4.74 Å². The molecule has 0 spiro atoms. The minimum absolute atomic E-state index is 0.271. The average molecular weight is 315 g/mol. The largest absolute Gasteiger partial charge is 0.484 e. The second kappa shape index (κ2) is 5.94. The van der Waals surface area contributed by atoms with Gasteiger partial charge < -0.3 is 14.3 Å². The number of ether oxygens (including phenoxy) is 1. The van der Waals surface area contributed by atoms with Crippen molar-refractivity contribution in [2.45, 2.75) is 26.1 Å². The summed E-state index contributed by atoms with van der Waals surface area (Å²) in [6.07, 6.45) is 1.71. The van der Waals surface area contributed by atoms with Gasteiger partial charge in [-0.1, -0.05) is 18.2 Å². The third-order valence-electron chi connectivity index (χ3n) is 3.24. The van der Waals surface area contributed by atoms with Crippen LogP contribution in [0.15, 0.2) is 52.4 Å². The first-order valence-electron chi connectivity index (χ1n) is 6.97. The second-order valence-electron chi connectivity index (χ2n) is 5.47. The fourth-order valence-corrected chi connectivity index (χ4v) is 2.69. The lowest BCUT2D eigenvalue weighted by molar-refractivity contribution is 0.0785. The van der Waals surface area contributed by atoms with Crippen molar-refractivity contribution in [3.63, 3.8) is 0 Å². The second-order valence-corrected chi connectivity index (χ2v) is 6.42. The maximum absolute atomic E-state index is 9.92. The average Bonchev–Trinajstić information content (AvgIpc) is 3.15. The first kappa shape index (κ1) is 14.8. The van der Waals surface area contributed by atoms with E-state index in [1.165, 1.54) is 0 Å². The highest BCUT2D eigenvalue weighted by Gasteiger charge is 2.15. The molecule has 3 rings (SSSR count). The summed E-state index contributed by atoms with van der Waals surface area (Å²) in [7, 11) is 0. The van der Waals surface area contributed by atoms with Crippen LogP contribution in [0.3, 0.4) is 0 Å². The highest BCUT2D eigenvalue weighted by molar-refractivity contribution is 7.13. The number of thiophene rings is 1. The van der Waals surface area contributed by atoms with Crippen LogP contribution in [-0.4, -0.2) is 10.1 Å². The molecule has 2 heterocycles. The van der Waals surface area contributed by atoms with E-state index in [4.69, 9.17) is 9.15 Å². The van der Waals surface area contributed by atoms with Gasteiger partial charge in [0, 0.05) is 0 Å². The quantitative estimate of drug-likeness (QED) is 0.766. The Balaban J connectivity index is 1.63. The van der Waals surface area contributed by atoms with Crippen LogP contribution in [0.4, 0.5) is 0 Å². The molecule has 0 aliphatic rings. The molecule has 1 N–H and O–H groups in total. The molecule has 5 heteroatoms. The standard InChI is InChI=1S/C17H17NO3S/c1-17(2,19)12-5-7-13(8-6-12)20-11-16-18-10-14(21-16)15-4-3-9-22-15/h3-10,19H,11H2,1-2H3. The number of hydrogen-bond donors (Lipinski definition) is 1.